The third kappa shape index (κ3) is 6.80. The normalized spacial score (nSPS) is 12.5. The maximum atomic E-state index is 10.5. The van der Waals surface area contributed by atoms with E-state index in [1.54, 1.807) is 20.2 Å². The zero-order chi connectivity index (χ0) is 26.7. The minimum absolute atomic E-state index is 0.188. The maximum Gasteiger partial charge on any atom is 0.472 e. The fourth-order valence-electron chi connectivity index (χ4n) is 4.07. The lowest BCUT2D eigenvalue weighted by molar-refractivity contribution is 0.161. The number of aliphatic hydroxyl groups is 1. The lowest BCUT2D eigenvalue weighted by Crippen LogP contribution is -2.38. The highest BCUT2D eigenvalue weighted by atomic mass is 31.2. The molecule has 0 bridgehead atoms. The van der Waals surface area contributed by atoms with Gasteiger partial charge in [-0.1, -0.05) is 97.9 Å². The lowest BCUT2D eigenvalue weighted by Gasteiger charge is -2.35. The van der Waals surface area contributed by atoms with Crippen LogP contribution in [-0.2, 0) is 19.2 Å². The maximum absolute atomic E-state index is 10.5. The fraction of sp³-hybridized carbons (Fsp3) is 0.286. The molecule has 0 aliphatic carbocycles. The largest absolute Gasteiger partial charge is 0.472 e. The van der Waals surface area contributed by atoms with E-state index in [2.05, 4.69) is 50.4 Å². The number of hydrogen-bond donors (Lipinski definition) is 2. The van der Waals surface area contributed by atoms with Crippen LogP contribution in [0.1, 0.15) is 55.8 Å². The molecular formula is C28H34N3O5P. The summed E-state index contributed by atoms with van der Waals surface area (Å²) in [6.45, 7) is 5.55. The van der Waals surface area contributed by atoms with Crippen molar-refractivity contribution in [2.45, 2.75) is 38.8 Å². The molecule has 2 N–H and O–H groups in total. The van der Waals surface area contributed by atoms with E-state index in [9.17, 15) is 9.67 Å². The van der Waals surface area contributed by atoms with Crippen LogP contribution in [0.3, 0.4) is 0 Å². The summed E-state index contributed by atoms with van der Waals surface area (Å²) in [4.78, 5) is 13.1. The first-order valence-electron chi connectivity index (χ1n) is 12.3. The third-order valence-electron chi connectivity index (χ3n) is 5.70. The molecule has 0 spiro atoms. The Morgan fingerprint density at radius 1 is 0.811 bits per heavy atom. The average Bonchev–Trinajstić information content (AvgIpc) is 3.41. The Labute approximate surface area is 218 Å². The van der Waals surface area contributed by atoms with Crippen LogP contribution >= 0.6 is 7.82 Å². The summed E-state index contributed by atoms with van der Waals surface area (Å²) in [6, 6.07) is 30.9. The average molecular weight is 524 g/mol. The van der Waals surface area contributed by atoms with Crippen LogP contribution in [0, 0.1) is 0 Å². The van der Waals surface area contributed by atoms with E-state index in [-0.39, 0.29) is 13.2 Å². The van der Waals surface area contributed by atoms with Gasteiger partial charge < -0.3 is 10.00 Å². The molecule has 0 fully saturated rings. The molecule has 0 radical (unpaired) electrons. The lowest BCUT2D eigenvalue weighted by atomic mass is 9.77. The summed E-state index contributed by atoms with van der Waals surface area (Å²) in [5, 5.41) is 15.0. The highest BCUT2D eigenvalue weighted by Gasteiger charge is 2.39. The third-order valence-corrected chi connectivity index (χ3v) is 6.87. The van der Waals surface area contributed by atoms with Crippen molar-refractivity contribution < 1.29 is 23.6 Å². The Morgan fingerprint density at radius 2 is 1.22 bits per heavy atom. The Bertz CT molecular complexity index is 1150. The zero-order valence-corrected chi connectivity index (χ0v) is 22.2. The summed E-state index contributed by atoms with van der Waals surface area (Å²) in [5.41, 5.74) is 2.54. The molecule has 0 saturated carbocycles. The molecule has 0 amide bonds. The minimum atomic E-state index is -3.69. The van der Waals surface area contributed by atoms with Crippen LogP contribution in [0.25, 0.3) is 0 Å². The summed E-state index contributed by atoms with van der Waals surface area (Å²) < 4.78 is 21.1. The topological polar surface area (TPSA) is 107 Å². The van der Waals surface area contributed by atoms with E-state index in [1.807, 2.05) is 66.2 Å². The Balaban J connectivity index is 0.000000364. The van der Waals surface area contributed by atoms with Crippen molar-refractivity contribution in [2.24, 2.45) is 0 Å². The second-order valence-corrected chi connectivity index (χ2v) is 9.54. The van der Waals surface area contributed by atoms with Gasteiger partial charge in [0.05, 0.1) is 13.2 Å². The summed E-state index contributed by atoms with van der Waals surface area (Å²) in [5.74, 6) is 0.440. The number of benzene rings is 3. The van der Waals surface area contributed by atoms with Gasteiger partial charge in [0.2, 0.25) is 0 Å². The fourth-order valence-corrected chi connectivity index (χ4v) is 4.80. The van der Waals surface area contributed by atoms with Gasteiger partial charge in [-0.2, -0.15) is 5.10 Å². The first kappa shape index (κ1) is 28.4. The molecule has 8 nitrogen and oxygen atoms in total. The predicted octanol–water partition coefficient (Wildman–Crippen LogP) is 5.72. The molecule has 4 aromatic rings. The number of rotatable bonds is 10. The Morgan fingerprint density at radius 3 is 1.57 bits per heavy atom. The Kier molecular flexibility index (Phi) is 10.3. The summed E-state index contributed by atoms with van der Waals surface area (Å²) in [7, 11) is -3.69. The molecule has 1 atom stereocenters. The van der Waals surface area contributed by atoms with Gasteiger partial charge in [0.1, 0.15) is 18.0 Å². The summed E-state index contributed by atoms with van der Waals surface area (Å²) in [6.07, 6.45) is 1.61. The Hall–Kier alpha value is -3.13. The minimum Gasteiger partial charge on any atom is -0.385 e. The smallest absolute Gasteiger partial charge is 0.385 e. The van der Waals surface area contributed by atoms with Gasteiger partial charge in [0.25, 0.3) is 0 Å². The van der Waals surface area contributed by atoms with Crippen LogP contribution in [0.5, 0.6) is 0 Å². The predicted molar refractivity (Wildman–Crippen MR) is 143 cm³/mol. The van der Waals surface area contributed by atoms with E-state index in [0.29, 0.717) is 12.2 Å². The molecule has 1 unspecified atom stereocenters. The monoisotopic (exact) mass is 523 g/mol. The standard InChI is InChI=1S/C24H23N3O.C4H11O4P/c1-2-22(28)23-25-18-27(26-23)24(19-12-6-3-7-13-19,20-14-8-4-9-15-20)21-16-10-5-11-17-21;1-3-7-9(5,6)8-4-2/h3-18,22,28H,2H2,1H3;3-4H2,1-2H3,(H,5,6). The van der Waals surface area contributed by atoms with Crippen LogP contribution < -0.4 is 0 Å². The summed E-state index contributed by atoms with van der Waals surface area (Å²) >= 11 is 0. The first-order chi connectivity index (χ1) is 17.9. The molecule has 3 aromatic carbocycles. The second-order valence-electron chi connectivity index (χ2n) is 8.08. The van der Waals surface area contributed by atoms with Crippen molar-refractivity contribution in [3.8, 4) is 0 Å². The SMILES string of the molecule is CCC(O)c1ncn(C(c2ccccc2)(c2ccccc2)c2ccccc2)n1.CCOP(=O)(O)OCC. The number of phosphoric acid groups is 1. The van der Waals surface area contributed by atoms with Crippen molar-refractivity contribution in [3.63, 3.8) is 0 Å². The van der Waals surface area contributed by atoms with Gasteiger partial charge in [-0.25, -0.2) is 14.2 Å². The van der Waals surface area contributed by atoms with Crippen LogP contribution in [0.2, 0.25) is 0 Å². The highest BCUT2D eigenvalue weighted by Crippen LogP contribution is 2.42. The van der Waals surface area contributed by atoms with Crippen molar-refractivity contribution >= 4 is 7.82 Å². The number of nitrogens with zero attached hydrogens (tertiary/aromatic N) is 3. The quantitative estimate of drug-likeness (QED) is 0.202. The molecule has 196 valence electrons. The molecule has 1 aromatic heterocycles. The van der Waals surface area contributed by atoms with Gasteiger partial charge in [-0.15, -0.1) is 0 Å². The highest BCUT2D eigenvalue weighted by molar-refractivity contribution is 7.47. The second kappa shape index (κ2) is 13.4. The van der Waals surface area contributed by atoms with E-state index in [4.69, 9.17) is 9.99 Å². The molecule has 9 heteroatoms. The van der Waals surface area contributed by atoms with Crippen molar-refractivity contribution in [1.82, 2.24) is 14.8 Å². The molecular weight excluding hydrogens is 489 g/mol. The van der Waals surface area contributed by atoms with E-state index in [1.165, 1.54) is 0 Å². The molecule has 1 heterocycles. The van der Waals surface area contributed by atoms with Gasteiger partial charge in [0.15, 0.2) is 5.82 Å². The molecule has 37 heavy (non-hydrogen) atoms. The number of hydrogen-bond acceptors (Lipinski definition) is 6. The van der Waals surface area contributed by atoms with Gasteiger partial charge in [-0.05, 0) is 37.0 Å². The van der Waals surface area contributed by atoms with Gasteiger partial charge in [-0.3, -0.25) is 9.05 Å². The van der Waals surface area contributed by atoms with Gasteiger partial charge >= 0.3 is 7.82 Å². The van der Waals surface area contributed by atoms with E-state index >= 15 is 0 Å². The van der Waals surface area contributed by atoms with Crippen LogP contribution in [-0.4, -0.2) is 38.0 Å². The van der Waals surface area contributed by atoms with Gasteiger partial charge in [0, 0.05) is 0 Å². The van der Waals surface area contributed by atoms with E-state index < -0.39 is 19.5 Å². The molecule has 0 aliphatic heterocycles. The van der Waals surface area contributed by atoms with Crippen molar-refractivity contribution in [2.75, 3.05) is 13.2 Å². The van der Waals surface area contributed by atoms with Crippen LogP contribution in [0.15, 0.2) is 97.3 Å². The first-order valence-corrected chi connectivity index (χ1v) is 13.8. The molecule has 4 rings (SSSR count). The molecule has 0 saturated heterocycles. The van der Waals surface area contributed by atoms with Crippen LogP contribution in [0.4, 0.5) is 0 Å². The zero-order valence-electron chi connectivity index (χ0n) is 21.3. The van der Waals surface area contributed by atoms with Crippen molar-refractivity contribution in [1.29, 1.82) is 0 Å². The number of aliphatic hydroxyl groups excluding tert-OH is 1. The van der Waals surface area contributed by atoms with E-state index in [0.717, 1.165) is 16.7 Å². The van der Waals surface area contributed by atoms with Crippen molar-refractivity contribution in [3.05, 3.63) is 120 Å². The molecule has 0 aliphatic rings. The number of aromatic nitrogens is 3. The number of phosphoric ester groups is 1.